The molecule has 1 saturated heterocycles. The SMILES string of the molecule is O=C(OCC(Cl)(Cl)Cl)N(CCN1CCC(c2c[nH]c3cc(F)ccc23)C1)c1ccccn1. The second kappa shape index (κ2) is 9.83. The molecule has 6 nitrogen and oxygen atoms in total. The van der Waals surface area contributed by atoms with Gasteiger partial charge < -0.3 is 14.6 Å². The molecule has 3 aromatic rings. The number of anilines is 1. The molecule has 0 aliphatic carbocycles. The van der Waals surface area contributed by atoms with E-state index in [9.17, 15) is 9.18 Å². The van der Waals surface area contributed by atoms with Crippen LogP contribution in [0.15, 0.2) is 48.8 Å². The van der Waals surface area contributed by atoms with E-state index in [4.69, 9.17) is 39.5 Å². The summed E-state index contributed by atoms with van der Waals surface area (Å²) in [7, 11) is 0. The van der Waals surface area contributed by atoms with Gasteiger partial charge in [0.1, 0.15) is 18.2 Å². The third kappa shape index (κ3) is 5.64. The van der Waals surface area contributed by atoms with Crippen LogP contribution in [0, 0.1) is 5.82 Å². The lowest BCUT2D eigenvalue weighted by molar-refractivity contribution is 0.154. The van der Waals surface area contributed by atoms with Crippen LogP contribution in [-0.2, 0) is 4.74 Å². The summed E-state index contributed by atoms with van der Waals surface area (Å²) in [6, 6.07) is 10.1. The van der Waals surface area contributed by atoms with E-state index in [2.05, 4.69) is 14.9 Å². The molecule has 1 N–H and O–H groups in total. The molecule has 1 unspecified atom stereocenters. The van der Waals surface area contributed by atoms with Gasteiger partial charge in [0.15, 0.2) is 0 Å². The Bertz CT molecular complexity index is 1070. The molecule has 0 radical (unpaired) electrons. The standard InChI is InChI=1S/C22H22Cl3FN4O2/c23-22(24,25)14-32-21(31)30(20-3-1-2-7-27-20)10-9-29-8-6-15(13-29)18-12-28-19-11-16(26)4-5-17(18)19/h1-5,7,11-12,15,28H,6,8-10,13-14H2. The van der Waals surface area contributed by atoms with E-state index in [1.54, 1.807) is 24.4 Å². The van der Waals surface area contributed by atoms with Crippen molar-refractivity contribution in [1.29, 1.82) is 0 Å². The zero-order valence-corrected chi connectivity index (χ0v) is 19.4. The van der Waals surface area contributed by atoms with Crippen LogP contribution < -0.4 is 4.90 Å². The van der Waals surface area contributed by atoms with Gasteiger partial charge in [-0.1, -0.05) is 40.9 Å². The number of hydrogen-bond acceptors (Lipinski definition) is 4. The molecule has 170 valence electrons. The summed E-state index contributed by atoms with van der Waals surface area (Å²) in [5.41, 5.74) is 1.99. The monoisotopic (exact) mass is 498 g/mol. The van der Waals surface area contributed by atoms with Gasteiger partial charge in [-0.15, -0.1) is 0 Å². The maximum atomic E-state index is 13.5. The van der Waals surface area contributed by atoms with Gasteiger partial charge in [-0.25, -0.2) is 14.2 Å². The highest BCUT2D eigenvalue weighted by Crippen LogP contribution is 2.33. The van der Waals surface area contributed by atoms with E-state index in [1.807, 2.05) is 12.3 Å². The average Bonchev–Trinajstić information content (AvgIpc) is 3.39. The molecule has 1 atom stereocenters. The number of carbonyl (C=O) groups is 1. The van der Waals surface area contributed by atoms with Crippen molar-refractivity contribution in [3.63, 3.8) is 0 Å². The van der Waals surface area contributed by atoms with Crippen LogP contribution in [0.1, 0.15) is 17.9 Å². The maximum absolute atomic E-state index is 13.5. The first-order valence-corrected chi connectivity index (χ1v) is 11.3. The molecule has 1 fully saturated rings. The fraction of sp³-hybridized carbons (Fsp3) is 0.364. The van der Waals surface area contributed by atoms with Crippen molar-refractivity contribution in [2.24, 2.45) is 0 Å². The zero-order chi connectivity index (χ0) is 22.7. The van der Waals surface area contributed by atoms with Crippen molar-refractivity contribution in [3.05, 3.63) is 60.2 Å². The van der Waals surface area contributed by atoms with Crippen molar-refractivity contribution >= 4 is 57.6 Å². The highest BCUT2D eigenvalue weighted by molar-refractivity contribution is 6.67. The summed E-state index contributed by atoms with van der Waals surface area (Å²) < 4.78 is 17.0. The number of fused-ring (bicyclic) bond motifs is 1. The molecule has 1 aliphatic heterocycles. The van der Waals surface area contributed by atoms with E-state index >= 15 is 0 Å². The number of rotatable bonds is 6. The third-order valence-corrected chi connectivity index (χ3v) is 5.86. The first kappa shape index (κ1) is 23.1. The minimum atomic E-state index is -1.68. The largest absolute Gasteiger partial charge is 0.445 e. The molecule has 3 heterocycles. The third-order valence-electron chi connectivity index (χ3n) is 5.53. The van der Waals surface area contributed by atoms with Gasteiger partial charge in [-0.2, -0.15) is 0 Å². The van der Waals surface area contributed by atoms with E-state index in [1.165, 1.54) is 22.6 Å². The van der Waals surface area contributed by atoms with Gasteiger partial charge in [-0.05, 0) is 54.8 Å². The van der Waals surface area contributed by atoms with E-state index < -0.39 is 9.89 Å². The number of hydrogen-bond donors (Lipinski definition) is 1. The number of benzene rings is 1. The van der Waals surface area contributed by atoms with Crippen LogP contribution >= 0.6 is 34.8 Å². The van der Waals surface area contributed by atoms with Gasteiger partial charge in [0.2, 0.25) is 3.79 Å². The molecule has 32 heavy (non-hydrogen) atoms. The van der Waals surface area contributed by atoms with Crippen molar-refractivity contribution in [1.82, 2.24) is 14.9 Å². The predicted molar refractivity (Wildman–Crippen MR) is 125 cm³/mol. The zero-order valence-electron chi connectivity index (χ0n) is 17.1. The van der Waals surface area contributed by atoms with Crippen LogP contribution in [0.5, 0.6) is 0 Å². The van der Waals surface area contributed by atoms with Crippen LogP contribution in [0.3, 0.4) is 0 Å². The summed E-state index contributed by atoms with van der Waals surface area (Å²) in [6.45, 7) is 2.38. The number of H-pyrrole nitrogens is 1. The second-order valence-electron chi connectivity index (χ2n) is 7.73. The number of likely N-dealkylation sites (tertiary alicyclic amines) is 1. The molecular weight excluding hydrogens is 478 g/mol. The van der Waals surface area contributed by atoms with Crippen LogP contribution in [0.4, 0.5) is 15.0 Å². The Labute approximate surface area is 200 Å². The van der Waals surface area contributed by atoms with E-state index in [0.717, 1.165) is 30.4 Å². The van der Waals surface area contributed by atoms with Gasteiger partial charge >= 0.3 is 6.09 Å². The summed E-state index contributed by atoms with van der Waals surface area (Å²) >= 11 is 17.1. The Hall–Kier alpha value is -2.06. The molecule has 10 heteroatoms. The number of aromatic amines is 1. The number of pyridine rings is 1. The van der Waals surface area contributed by atoms with Crippen LogP contribution in [0.2, 0.25) is 0 Å². The first-order chi connectivity index (χ1) is 15.3. The lowest BCUT2D eigenvalue weighted by Gasteiger charge is -2.25. The maximum Gasteiger partial charge on any atom is 0.415 e. The van der Waals surface area contributed by atoms with Crippen molar-refractivity contribution in [2.45, 2.75) is 16.1 Å². The van der Waals surface area contributed by atoms with Crippen LogP contribution in [0.25, 0.3) is 10.9 Å². The Balaban J connectivity index is 1.40. The number of amides is 1. The number of carbonyl (C=O) groups excluding carboxylic acids is 1. The average molecular weight is 500 g/mol. The molecule has 2 aromatic heterocycles. The second-order valence-corrected chi connectivity index (χ2v) is 10.2. The molecule has 0 saturated carbocycles. The van der Waals surface area contributed by atoms with Crippen LogP contribution in [-0.4, -0.2) is 57.5 Å². The van der Waals surface area contributed by atoms with Crippen molar-refractivity contribution in [3.8, 4) is 0 Å². The minimum absolute atomic E-state index is 0.254. The Morgan fingerprint density at radius 2 is 2.16 bits per heavy atom. The number of nitrogens with zero attached hydrogens (tertiary/aromatic N) is 3. The van der Waals surface area contributed by atoms with Crippen molar-refractivity contribution in [2.75, 3.05) is 37.7 Å². The summed E-state index contributed by atoms with van der Waals surface area (Å²) in [5, 5.41) is 1.05. The molecule has 0 spiro atoms. The fourth-order valence-corrected chi connectivity index (χ4v) is 4.19. The van der Waals surface area contributed by atoms with Crippen molar-refractivity contribution < 1.29 is 13.9 Å². The normalized spacial score (nSPS) is 17.1. The predicted octanol–water partition coefficient (Wildman–Crippen LogP) is 5.50. The van der Waals surface area contributed by atoms with Gasteiger partial charge in [0, 0.05) is 42.9 Å². The van der Waals surface area contributed by atoms with E-state index in [-0.39, 0.29) is 12.4 Å². The van der Waals surface area contributed by atoms with Gasteiger partial charge in [0.05, 0.1) is 0 Å². The summed E-state index contributed by atoms with van der Waals surface area (Å²) in [4.78, 5) is 23.8. The first-order valence-electron chi connectivity index (χ1n) is 10.2. The molecular formula is C22H22Cl3FN4O2. The smallest absolute Gasteiger partial charge is 0.415 e. The summed E-state index contributed by atoms with van der Waals surface area (Å²) in [6.07, 6.45) is 3.93. The quantitative estimate of drug-likeness (QED) is 0.455. The Morgan fingerprint density at radius 1 is 1.31 bits per heavy atom. The summed E-state index contributed by atoms with van der Waals surface area (Å²) in [5.74, 6) is 0.542. The number of halogens is 4. The number of nitrogens with one attached hydrogen (secondary N) is 1. The minimum Gasteiger partial charge on any atom is -0.445 e. The van der Waals surface area contributed by atoms with Gasteiger partial charge in [0.25, 0.3) is 0 Å². The number of aromatic nitrogens is 2. The highest BCUT2D eigenvalue weighted by Gasteiger charge is 2.29. The number of ether oxygens (including phenoxy) is 1. The molecule has 1 aliphatic rings. The van der Waals surface area contributed by atoms with Gasteiger partial charge in [-0.3, -0.25) is 4.90 Å². The lowest BCUT2D eigenvalue weighted by Crippen LogP contribution is -2.40. The molecule has 0 bridgehead atoms. The number of alkyl halides is 3. The molecule has 4 rings (SSSR count). The Kier molecular flexibility index (Phi) is 7.10. The fourth-order valence-electron chi connectivity index (χ4n) is 4.02. The van der Waals surface area contributed by atoms with E-state index in [0.29, 0.717) is 24.8 Å². The molecule has 1 amide bonds. The Morgan fingerprint density at radius 3 is 2.91 bits per heavy atom. The molecule has 1 aromatic carbocycles. The topological polar surface area (TPSA) is 61.5 Å². The lowest BCUT2D eigenvalue weighted by atomic mass is 9.98. The highest BCUT2D eigenvalue weighted by atomic mass is 35.6.